The maximum absolute atomic E-state index is 12.7. The maximum Gasteiger partial charge on any atom is 0.374 e. The molecule has 0 aliphatic carbocycles. The van der Waals surface area contributed by atoms with Crippen LogP contribution in [0.25, 0.3) is 21.1 Å². The molecule has 2 heterocycles. The predicted octanol–water partition coefficient (Wildman–Crippen LogP) is 3.67. The summed E-state index contributed by atoms with van der Waals surface area (Å²) < 4.78 is 16.2. The minimum Gasteiger partial charge on any atom is -0.462 e. The van der Waals surface area contributed by atoms with Crippen LogP contribution >= 0.6 is 11.3 Å². The van der Waals surface area contributed by atoms with Gasteiger partial charge in [0.1, 0.15) is 10.5 Å². The number of rotatable bonds is 6. The van der Waals surface area contributed by atoms with Gasteiger partial charge in [-0.05, 0) is 26.3 Å². The van der Waals surface area contributed by atoms with Gasteiger partial charge in [-0.15, -0.1) is 11.3 Å². The summed E-state index contributed by atoms with van der Waals surface area (Å²) in [6.07, 6.45) is 1.19. The largest absolute Gasteiger partial charge is 0.462 e. The van der Waals surface area contributed by atoms with Crippen molar-refractivity contribution in [3.8, 4) is 0 Å². The van der Waals surface area contributed by atoms with Crippen molar-refractivity contribution in [2.45, 2.75) is 33.6 Å². The van der Waals surface area contributed by atoms with E-state index >= 15 is 0 Å². The van der Waals surface area contributed by atoms with Crippen molar-refractivity contribution in [2.75, 3.05) is 13.2 Å². The molecule has 0 fully saturated rings. The Balaban J connectivity index is 2.40. The van der Waals surface area contributed by atoms with Gasteiger partial charge in [0.15, 0.2) is 10.9 Å². The second kappa shape index (κ2) is 8.57. The van der Waals surface area contributed by atoms with Crippen LogP contribution in [0.1, 0.15) is 53.0 Å². The predicted molar refractivity (Wildman–Crippen MR) is 110 cm³/mol. The van der Waals surface area contributed by atoms with Gasteiger partial charge in [-0.3, -0.25) is 9.59 Å². The second-order valence-electron chi connectivity index (χ2n) is 6.25. The van der Waals surface area contributed by atoms with Gasteiger partial charge in [0, 0.05) is 27.8 Å². The smallest absolute Gasteiger partial charge is 0.374 e. The van der Waals surface area contributed by atoms with Gasteiger partial charge in [0.25, 0.3) is 0 Å². The Hall–Kier alpha value is -3.00. The molecule has 0 unspecified atom stereocenters. The number of carbonyl (C=O) groups is 2. The van der Waals surface area contributed by atoms with E-state index in [1.807, 2.05) is 6.92 Å². The van der Waals surface area contributed by atoms with Crippen LogP contribution in [-0.4, -0.2) is 25.2 Å². The Bertz CT molecular complexity index is 1130. The lowest BCUT2D eigenvalue weighted by Crippen LogP contribution is -2.13. The molecule has 8 heteroatoms. The first-order valence-electron chi connectivity index (χ1n) is 9.33. The van der Waals surface area contributed by atoms with E-state index in [9.17, 15) is 19.2 Å². The lowest BCUT2D eigenvalue weighted by atomic mass is 10.0. The van der Waals surface area contributed by atoms with Crippen LogP contribution in [0.4, 0.5) is 0 Å². The molecule has 7 nitrogen and oxygen atoms in total. The highest BCUT2D eigenvalue weighted by Gasteiger charge is 2.20. The summed E-state index contributed by atoms with van der Waals surface area (Å²) in [4.78, 5) is 49.7. The average Bonchev–Trinajstić information content (AvgIpc) is 2.69. The Kier molecular flexibility index (Phi) is 6.12. The number of fused-ring (bicyclic) bond motifs is 2. The van der Waals surface area contributed by atoms with Crippen molar-refractivity contribution in [3.63, 3.8) is 0 Å². The number of aryl methyl sites for hydroxylation is 1. The van der Waals surface area contributed by atoms with E-state index in [1.165, 1.54) is 12.1 Å². The fraction of sp³-hybridized carbons (Fsp3) is 0.333. The SMILES string of the molecule is CCCc1c2oc(C(=O)OCC)cc(=O)c2cc2c(=O)cc(C(=O)OCC)sc12. The Labute approximate surface area is 169 Å². The van der Waals surface area contributed by atoms with E-state index in [0.717, 1.165) is 17.4 Å². The highest BCUT2D eigenvalue weighted by atomic mass is 32.1. The molecule has 152 valence electrons. The Morgan fingerprint density at radius 1 is 0.931 bits per heavy atom. The van der Waals surface area contributed by atoms with Crippen molar-refractivity contribution in [3.05, 3.63) is 54.8 Å². The van der Waals surface area contributed by atoms with Crippen LogP contribution in [0.15, 0.2) is 32.2 Å². The highest BCUT2D eigenvalue weighted by Crippen LogP contribution is 2.31. The third kappa shape index (κ3) is 3.93. The fourth-order valence-electron chi connectivity index (χ4n) is 3.06. The molecular weight excluding hydrogens is 396 g/mol. The molecule has 0 radical (unpaired) electrons. The zero-order chi connectivity index (χ0) is 21.1. The molecule has 0 amide bonds. The topological polar surface area (TPSA) is 99.9 Å². The number of hydrogen-bond acceptors (Lipinski definition) is 8. The number of ether oxygens (including phenoxy) is 2. The zero-order valence-electron chi connectivity index (χ0n) is 16.3. The number of carbonyl (C=O) groups excluding carboxylic acids is 2. The summed E-state index contributed by atoms with van der Waals surface area (Å²) >= 11 is 1.11. The lowest BCUT2D eigenvalue weighted by molar-refractivity contribution is 0.0488. The van der Waals surface area contributed by atoms with Gasteiger partial charge in [-0.1, -0.05) is 13.3 Å². The van der Waals surface area contributed by atoms with Gasteiger partial charge in [-0.2, -0.15) is 0 Å². The summed E-state index contributed by atoms with van der Waals surface area (Å²) in [5.74, 6) is -1.52. The van der Waals surface area contributed by atoms with Crippen molar-refractivity contribution in [2.24, 2.45) is 0 Å². The zero-order valence-corrected chi connectivity index (χ0v) is 17.1. The standard InChI is InChI=1S/C21H20O7S/c1-4-7-11-18-12(14(22)9-16(28-18)20(24)26-5-2)8-13-15(23)10-17(29-19(11)13)21(25)27-6-3/h8-10H,4-7H2,1-3H3. The normalized spacial score (nSPS) is 11.0. The first-order chi connectivity index (χ1) is 13.9. The summed E-state index contributed by atoms with van der Waals surface area (Å²) in [6.45, 7) is 5.61. The molecule has 0 N–H and O–H groups in total. The molecule has 1 aromatic carbocycles. The molecule has 0 atom stereocenters. The first-order valence-corrected chi connectivity index (χ1v) is 10.1. The molecule has 0 bridgehead atoms. The first kappa shape index (κ1) is 20.7. The minimum atomic E-state index is -0.734. The minimum absolute atomic E-state index is 0.143. The van der Waals surface area contributed by atoms with Crippen LogP contribution in [0.2, 0.25) is 0 Å². The molecule has 0 saturated carbocycles. The summed E-state index contributed by atoms with van der Waals surface area (Å²) in [5, 5.41) is 0.539. The van der Waals surface area contributed by atoms with Gasteiger partial charge in [0.05, 0.1) is 18.6 Å². The molecule has 29 heavy (non-hydrogen) atoms. The molecule has 0 aliphatic heterocycles. The van der Waals surface area contributed by atoms with Crippen molar-refractivity contribution < 1.29 is 23.5 Å². The van der Waals surface area contributed by atoms with E-state index < -0.39 is 17.4 Å². The molecule has 0 spiro atoms. The summed E-state index contributed by atoms with van der Waals surface area (Å²) in [6, 6.07) is 3.75. The van der Waals surface area contributed by atoms with E-state index in [-0.39, 0.29) is 40.2 Å². The highest BCUT2D eigenvalue weighted by molar-refractivity contribution is 7.20. The van der Waals surface area contributed by atoms with E-state index in [2.05, 4.69) is 0 Å². The molecule has 3 rings (SSSR count). The molecule has 2 aromatic heterocycles. The van der Waals surface area contributed by atoms with Crippen LogP contribution in [0, 0.1) is 0 Å². The maximum atomic E-state index is 12.7. The summed E-state index contributed by atoms with van der Waals surface area (Å²) in [7, 11) is 0. The third-order valence-electron chi connectivity index (χ3n) is 4.26. The van der Waals surface area contributed by atoms with E-state index in [1.54, 1.807) is 13.8 Å². The molecular formula is C21H20O7S. The molecule has 3 aromatic rings. The van der Waals surface area contributed by atoms with Crippen LogP contribution < -0.4 is 10.9 Å². The number of hydrogen-bond donors (Lipinski definition) is 0. The molecule has 0 saturated heterocycles. The fourth-order valence-corrected chi connectivity index (χ4v) is 4.17. The lowest BCUT2D eigenvalue weighted by Gasteiger charge is -2.11. The second-order valence-corrected chi connectivity index (χ2v) is 7.30. The van der Waals surface area contributed by atoms with Crippen molar-refractivity contribution >= 4 is 44.3 Å². The average molecular weight is 416 g/mol. The van der Waals surface area contributed by atoms with E-state index in [4.69, 9.17) is 13.9 Å². The van der Waals surface area contributed by atoms with Gasteiger partial charge < -0.3 is 13.9 Å². The third-order valence-corrected chi connectivity index (χ3v) is 5.43. The van der Waals surface area contributed by atoms with Gasteiger partial charge in [-0.25, -0.2) is 9.59 Å². The van der Waals surface area contributed by atoms with Gasteiger partial charge in [0.2, 0.25) is 5.76 Å². The molecule has 0 aliphatic rings. The van der Waals surface area contributed by atoms with Crippen LogP contribution in [0.5, 0.6) is 0 Å². The number of esters is 2. The Morgan fingerprint density at radius 3 is 2.24 bits per heavy atom. The monoisotopic (exact) mass is 416 g/mol. The number of benzene rings is 1. The van der Waals surface area contributed by atoms with Crippen LogP contribution in [0.3, 0.4) is 0 Å². The van der Waals surface area contributed by atoms with E-state index in [0.29, 0.717) is 28.5 Å². The van der Waals surface area contributed by atoms with Gasteiger partial charge >= 0.3 is 11.9 Å². The van der Waals surface area contributed by atoms with Crippen LogP contribution in [-0.2, 0) is 15.9 Å². The van der Waals surface area contributed by atoms with Crippen molar-refractivity contribution in [1.29, 1.82) is 0 Å². The quantitative estimate of drug-likeness (QED) is 0.446. The van der Waals surface area contributed by atoms with Crippen molar-refractivity contribution in [1.82, 2.24) is 0 Å². The summed E-state index contributed by atoms with van der Waals surface area (Å²) in [5.41, 5.74) is 0.0189. The Morgan fingerprint density at radius 2 is 1.59 bits per heavy atom.